The predicted octanol–water partition coefficient (Wildman–Crippen LogP) is 6.26. The van der Waals surface area contributed by atoms with Crippen molar-refractivity contribution in [3.63, 3.8) is 0 Å². The summed E-state index contributed by atoms with van der Waals surface area (Å²) in [6.07, 6.45) is 14.8. The zero-order valence-electron chi connectivity index (χ0n) is 14.8. The molecular formula is C22H27N. The lowest BCUT2D eigenvalue weighted by Gasteiger charge is -2.16. The number of hydrogen-bond donors (Lipinski definition) is 0. The van der Waals surface area contributed by atoms with Crippen LogP contribution in [0.4, 0.5) is 0 Å². The first-order valence-electron chi connectivity index (χ1n) is 8.24. The summed E-state index contributed by atoms with van der Waals surface area (Å²) >= 11 is 0. The lowest BCUT2D eigenvalue weighted by Crippen LogP contribution is -2.11. The van der Waals surface area contributed by atoms with Crippen molar-refractivity contribution in [3.8, 4) is 0 Å². The summed E-state index contributed by atoms with van der Waals surface area (Å²) in [5.41, 5.74) is 8.09. The molecule has 0 amide bonds. The van der Waals surface area contributed by atoms with Gasteiger partial charge in [0.2, 0.25) is 0 Å². The van der Waals surface area contributed by atoms with Crippen LogP contribution in [0, 0.1) is 5.92 Å². The van der Waals surface area contributed by atoms with Gasteiger partial charge in [0, 0.05) is 17.2 Å². The highest BCUT2D eigenvalue weighted by Gasteiger charge is 2.24. The minimum absolute atomic E-state index is 0.385. The molecule has 1 atom stereocenters. The van der Waals surface area contributed by atoms with Crippen LogP contribution in [0.1, 0.15) is 40.5 Å². The smallest absolute Gasteiger partial charge is 0.0741 e. The molecule has 0 spiro atoms. The van der Waals surface area contributed by atoms with Gasteiger partial charge in [0.05, 0.1) is 5.70 Å². The summed E-state index contributed by atoms with van der Waals surface area (Å²) in [4.78, 5) is 5.02. The Morgan fingerprint density at radius 1 is 1.35 bits per heavy atom. The van der Waals surface area contributed by atoms with Crippen LogP contribution >= 0.6 is 0 Å². The molecule has 2 aliphatic rings. The van der Waals surface area contributed by atoms with Gasteiger partial charge in [-0.15, -0.1) is 0 Å². The molecule has 0 bridgehead atoms. The number of aliphatic imine (C=N–C) groups is 1. The van der Waals surface area contributed by atoms with Crippen molar-refractivity contribution in [1.29, 1.82) is 0 Å². The topological polar surface area (TPSA) is 12.4 Å². The summed E-state index contributed by atoms with van der Waals surface area (Å²) < 4.78 is 0. The normalized spacial score (nSPS) is 24.1. The summed E-state index contributed by atoms with van der Waals surface area (Å²) in [5, 5.41) is 0. The highest BCUT2D eigenvalue weighted by molar-refractivity contribution is 5.88. The Labute approximate surface area is 140 Å². The molecule has 0 aromatic carbocycles. The van der Waals surface area contributed by atoms with Gasteiger partial charge < -0.3 is 0 Å². The van der Waals surface area contributed by atoms with Gasteiger partial charge >= 0.3 is 0 Å². The maximum absolute atomic E-state index is 5.02. The van der Waals surface area contributed by atoms with Gasteiger partial charge in [-0.05, 0) is 51.7 Å². The molecule has 0 aliphatic heterocycles. The summed E-state index contributed by atoms with van der Waals surface area (Å²) in [7, 11) is 0. The Bertz CT molecular complexity index is 702. The van der Waals surface area contributed by atoms with Crippen LogP contribution in [0.3, 0.4) is 0 Å². The van der Waals surface area contributed by atoms with Crippen LogP contribution in [-0.2, 0) is 0 Å². The summed E-state index contributed by atoms with van der Waals surface area (Å²) in [6.45, 7) is 16.7. The van der Waals surface area contributed by atoms with Crippen molar-refractivity contribution in [3.05, 3.63) is 83.2 Å². The molecule has 1 nitrogen and oxygen atoms in total. The molecule has 0 saturated carbocycles. The molecule has 1 heteroatoms. The van der Waals surface area contributed by atoms with Gasteiger partial charge in [0.1, 0.15) is 0 Å². The third kappa shape index (κ3) is 3.98. The van der Waals surface area contributed by atoms with E-state index in [4.69, 9.17) is 4.99 Å². The standard InChI is InChI=1S/C22H27N/c1-7-8-12-20-17(5)14-21(15(2)3)22(20)23-18(6)19-11-9-10-16(4)13-19/h7-10,12-13,19H,2,5,11,14H2,1,3-4,6H3/b8-7-,20-12+,23-18?. The van der Waals surface area contributed by atoms with Crippen LogP contribution < -0.4 is 0 Å². The minimum Gasteiger partial charge on any atom is -0.257 e. The average molecular weight is 305 g/mol. The van der Waals surface area contributed by atoms with E-state index in [1.807, 2.05) is 13.0 Å². The fraction of sp³-hybridized carbons (Fsp3) is 0.318. The molecule has 1 unspecified atom stereocenters. The SMILES string of the molecule is C=C(C)C1=C(N=C(C)C2C=C(C)C=CC2)/C(=C/C=C\C)C(=C)C1. The van der Waals surface area contributed by atoms with E-state index in [1.165, 1.54) is 11.1 Å². The van der Waals surface area contributed by atoms with Crippen LogP contribution in [-0.4, -0.2) is 5.71 Å². The van der Waals surface area contributed by atoms with Gasteiger partial charge in [-0.25, -0.2) is 0 Å². The van der Waals surface area contributed by atoms with Crippen LogP contribution in [0.15, 0.2) is 88.2 Å². The van der Waals surface area contributed by atoms with E-state index >= 15 is 0 Å². The fourth-order valence-corrected chi connectivity index (χ4v) is 2.98. The molecule has 0 aromatic heterocycles. The molecule has 120 valence electrons. The van der Waals surface area contributed by atoms with Crippen molar-refractivity contribution in [1.82, 2.24) is 0 Å². The van der Waals surface area contributed by atoms with E-state index in [-0.39, 0.29) is 0 Å². The maximum atomic E-state index is 5.02. The lowest BCUT2D eigenvalue weighted by molar-refractivity contribution is 0.850. The van der Waals surface area contributed by atoms with Crippen molar-refractivity contribution in [2.75, 3.05) is 0 Å². The number of allylic oxidation sites excluding steroid dienone is 10. The Kier molecular flexibility index (Phi) is 5.54. The van der Waals surface area contributed by atoms with Gasteiger partial charge in [0.15, 0.2) is 0 Å². The highest BCUT2D eigenvalue weighted by Crippen LogP contribution is 2.39. The Hall–Kier alpha value is -2.15. The van der Waals surface area contributed by atoms with Gasteiger partial charge in [-0.1, -0.05) is 60.8 Å². The largest absolute Gasteiger partial charge is 0.257 e. The molecule has 0 N–H and O–H groups in total. The second-order valence-electron chi connectivity index (χ2n) is 6.40. The number of rotatable bonds is 4. The first-order valence-corrected chi connectivity index (χ1v) is 8.24. The Morgan fingerprint density at radius 2 is 2.09 bits per heavy atom. The zero-order valence-corrected chi connectivity index (χ0v) is 14.8. The molecule has 0 aromatic rings. The van der Waals surface area contributed by atoms with Crippen molar-refractivity contribution in [2.45, 2.75) is 40.5 Å². The summed E-state index contributed by atoms with van der Waals surface area (Å²) in [5.74, 6) is 0.385. The number of nitrogens with zero attached hydrogens (tertiary/aromatic N) is 1. The van der Waals surface area contributed by atoms with Crippen molar-refractivity contribution >= 4 is 5.71 Å². The zero-order chi connectivity index (χ0) is 17.0. The second kappa shape index (κ2) is 7.41. The van der Waals surface area contributed by atoms with Gasteiger partial charge in [-0.2, -0.15) is 0 Å². The Morgan fingerprint density at radius 3 is 2.70 bits per heavy atom. The first-order chi connectivity index (χ1) is 10.9. The minimum atomic E-state index is 0.385. The average Bonchev–Trinajstić information content (AvgIpc) is 2.81. The van der Waals surface area contributed by atoms with E-state index in [0.29, 0.717) is 5.92 Å². The molecular weight excluding hydrogens is 278 g/mol. The molecule has 0 fully saturated rings. The van der Waals surface area contributed by atoms with E-state index in [1.54, 1.807) is 0 Å². The highest BCUT2D eigenvalue weighted by atomic mass is 14.8. The first kappa shape index (κ1) is 17.2. The van der Waals surface area contributed by atoms with Gasteiger partial charge in [-0.3, -0.25) is 4.99 Å². The quantitative estimate of drug-likeness (QED) is 0.543. The molecule has 0 heterocycles. The van der Waals surface area contributed by atoms with E-state index < -0.39 is 0 Å². The molecule has 0 radical (unpaired) electrons. The maximum Gasteiger partial charge on any atom is 0.0741 e. The van der Waals surface area contributed by atoms with Crippen LogP contribution in [0.5, 0.6) is 0 Å². The predicted molar refractivity (Wildman–Crippen MR) is 103 cm³/mol. The molecule has 0 saturated heterocycles. The van der Waals surface area contributed by atoms with Crippen molar-refractivity contribution in [2.24, 2.45) is 10.9 Å². The second-order valence-corrected chi connectivity index (χ2v) is 6.40. The number of hydrogen-bond acceptors (Lipinski definition) is 1. The lowest BCUT2D eigenvalue weighted by atomic mass is 9.93. The van der Waals surface area contributed by atoms with Gasteiger partial charge in [0.25, 0.3) is 0 Å². The Balaban J connectivity index is 2.45. The summed E-state index contributed by atoms with van der Waals surface area (Å²) in [6, 6.07) is 0. The third-order valence-electron chi connectivity index (χ3n) is 4.34. The molecule has 2 aliphatic carbocycles. The van der Waals surface area contributed by atoms with E-state index in [9.17, 15) is 0 Å². The van der Waals surface area contributed by atoms with E-state index in [2.05, 4.69) is 64.3 Å². The monoisotopic (exact) mass is 305 g/mol. The molecule has 2 rings (SSSR count). The third-order valence-corrected chi connectivity index (χ3v) is 4.34. The van der Waals surface area contributed by atoms with Crippen molar-refractivity contribution < 1.29 is 0 Å². The molecule has 23 heavy (non-hydrogen) atoms. The van der Waals surface area contributed by atoms with Crippen LogP contribution in [0.25, 0.3) is 0 Å². The fourth-order valence-electron chi connectivity index (χ4n) is 2.98. The van der Waals surface area contributed by atoms with E-state index in [0.717, 1.165) is 41.0 Å². The van der Waals surface area contributed by atoms with Crippen LogP contribution in [0.2, 0.25) is 0 Å².